The van der Waals surface area contributed by atoms with Crippen molar-refractivity contribution in [2.45, 2.75) is 31.5 Å². The van der Waals surface area contributed by atoms with E-state index in [4.69, 9.17) is 11.1 Å². The molecular weight excluding hydrogens is 395 g/mol. The lowest BCUT2D eigenvalue weighted by atomic mass is 10.0. The highest BCUT2D eigenvalue weighted by molar-refractivity contribution is 5.87. The standard InChI is InChI=1S/C23H23FN6O/c24-19(12-22(31)29-17-4-5-17)14-2-1-3-15(10-14)23-27-9-8-21(30-23)28-18-6-7-20(26)16(11-18)13-25/h1-3,6-11,13,17,19,25H,4-5,12,26H2,(H,29,31)(H,27,28,30). The molecule has 8 heteroatoms. The van der Waals surface area contributed by atoms with Gasteiger partial charge in [0.25, 0.3) is 0 Å². The van der Waals surface area contributed by atoms with Crippen molar-refractivity contribution < 1.29 is 9.18 Å². The van der Waals surface area contributed by atoms with Crippen LogP contribution in [0.15, 0.2) is 54.7 Å². The maximum atomic E-state index is 14.7. The molecule has 1 heterocycles. The van der Waals surface area contributed by atoms with Crippen LogP contribution in [-0.2, 0) is 4.79 Å². The van der Waals surface area contributed by atoms with Crippen molar-refractivity contribution in [2.24, 2.45) is 0 Å². The number of hydrogen-bond acceptors (Lipinski definition) is 6. The van der Waals surface area contributed by atoms with Crippen LogP contribution in [0.1, 0.15) is 36.6 Å². The van der Waals surface area contributed by atoms with Gasteiger partial charge in [-0.25, -0.2) is 14.4 Å². The largest absolute Gasteiger partial charge is 0.398 e. The van der Waals surface area contributed by atoms with Gasteiger partial charge in [0, 0.05) is 41.0 Å². The number of rotatable bonds is 8. The summed E-state index contributed by atoms with van der Waals surface area (Å²) in [5.41, 5.74) is 8.76. The smallest absolute Gasteiger partial charge is 0.223 e. The van der Waals surface area contributed by atoms with Gasteiger partial charge in [0.15, 0.2) is 5.82 Å². The Bertz CT molecular complexity index is 1110. The van der Waals surface area contributed by atoms with Crippen LogP contribution < -0.4 is 16.4 Å². The van der Waals surface area contributed by atoms with E-state index in [0.717, 1.165) is 18.5 Å². The van der Waals surface area contributed by atoms with Gasteiger partial charge >= 0.3 is 0 Å². The van der Waals surface area contributed by atoms with Crippen molar-refractivity contribution in [1.29, 1.82) is 5.41 Å². The number of benzene rings is 2. The Balaban J connectivity index is 1.50. The lowest BCUT2D eigenvalue weighted by molar-refractivity contribution is -0.122. The van der Waals surface area contributed by atoms with E-state index in [1.54, 1.807) is 54.7 Å². The molecule has 2 aromatic carbocycles. The number of alkyl halides is 1. The molecule has 1 fully saturated rings. The SMILES string of the molecule is N=Cc1cc(Nc2ccnc(-c3cccc(C(F)CC(=O)NC4CC4)c3)n2)ccc1N. The van der Waals surface area contributed by atoms with Gasteiger partial charge in [-0.15, -0.1) is 0 Å². The Labute approximate surface area is 179 Å². The number of nitrogens with two attached hydrogens (primary N) is 1. The van der Waals surface area contributed by atoms with Gasteiger partial charge in [0.05, 0.1) is 6.42 Å². The van der Waals surface area contributed by atoms with Crippen LogP contribution in [0.2, 0.25) is 0 Å². The number of nitrogens with zero attached hydrogens (tertiary/aromatic N) is 2. The van der Waals surface area contributed by atoms with Gasteiger partial charge in [-0.05, 0) is 48.7 Å². The summed E-state index contributed by atoms with van der Waals surface area (Å²) >= 11 is 0. The summed E-state index contributed by atoms with van der Waals surface area (Å²) in [5.74, 6) is 0.719. The molecule has 0 bridgehead atoms. The number of anilines is 3. The first kappa shape index (κ1) is 20.5. The van der Waals surface area contributed by atoms with Gasteiger partial charge in [-0.1, -0.05) is 18.2 Å². The summed E-state index contributed by atoms with van der Waals surface area (Å²) in [4.78, 5) is 20.7. The molecule has 5 N–H and O–H groups in total. The van der Waals surface area contributed by atoms with Crippen molar-refractivity contribution in [3.8, 4) is 11.4 Å². The quantitative estimate of drug-likeness (QED) is 0.324. The normalized spacial score (nSPS) is 14.0. The van der Waals surface area contributed by atoms with Gasteiger partial charge in [0.2, 0.25) is 5.91 Å². The average Bonchev–Trinajstić information content (AvgIpc) is 3.59. The number of aromatic nitrogens is 2. The lowest BCUT2D eigenvalue weighted by Crippen LogP contribution is -2.26. The Morgan fingerprint density at radius 1 is 1.26 bits per heavy atom. The number of nitrogens with one attached hydrogen (secondary N) is 3. The number of halogens is 1. The maximum Gasteiger partial charge on any atom is 0.223 e. The van der Waals surface area contributed by atoms with E-state index in [0.29, 0.717) is 34.0 Å². The first-order chi connectivity index (χ1) is 15.0. The van der Waals surface area contributed by atoms with E-state index in [2.05, 4.69) is 20.6 Å². The van der Waals surface area contributed by atoms with Gasteiger partial charge < -0.3 is 21.8 Å². The minimum absolute atomic E-state index is 0.200. The molecule has 1 aromatic heterocycles. The monoisotopic (exact) mass is 418 g/mol. The molecule has 158 valence electrons. The molecular formula is C23H23FN6O. The molecule has 7 nitrogen and oxygen atoms in total. The third kappa shape index (κ3) is 5.22. The first-order valence-corrected chi connectivity index (χ1v) is 10.1. The number of nitrogen functional groups attached to an aromatic ring is 1. The second kappa shape index (κ2) is 8.91. The van der Waals surface area contributed by atoms with E-state index in [9.17, 15) is 9.18 Å². The average molecular weight is 418 g/mol. The first-order valence-electron chi connectivity index (χ1n) is 10.1. The van der Waals surface area contributed by atoms with Gasteiger partial charge in [-0.2, -0.15) is 0 Å². The molecule has 31 heavy (non-hydrogen) atoms. The number of carbonyl (C=O) groups excluding carboxylic acids is 1. The Hall–Kier alpha value is -3.81. The lowest BCUT2D eigenvalue weighted by Gasteiger charge is -2.11. The van der Waals surface area contributed by atoms with Crippen LogP contribution in [-0.4, -0.2) is 28.1 Å². The van der Waals surface area contributed by atoms with Crippen LogP contribution in [0, 0.1) is 5.41 Å². The topological polar surface area (TPSA) is 117 Å². The highest BCUT2D eigenvalue weighted by atomic mass is 19.1. The Morgan fingerprint density at radius 3 is 2.87 bits per heavy atom. The maximum absolute atomic E-state index is 14.7. The van der Waals surface area contributed by atoms with Crippen LogP contribution in [0.25, 0.3) is 11.4 Å². The van der Waals surface area contributed by atoms with E-state index in [-0.39, 0.29) is 18.4 Å². The van der Waals surface area contributed by atoms with Gasteiger partial charge in [-0.3, -0.25) is 4.79 Å². The molecule has 1 amide bonds. The van der Waals surface area contributed by atoms with Crippen molar-refractivity contribution in [2.75, 3.05) is 11.1 Å². The fourth-order valence-electron chi connectivity index (χ4n) is 3.16. The Kier molecular flexibility index (Phi) is 5.88. The second-order valence-corrected chi connectivity index (χ2v) is 7.52. The predicted octanol–water partition coefficient (Wildman–Crippen LogP) is 4.15. The highest BCUT2D eigenvalue weighted by Gasteiger charge is 2.25. The van der Waals surface area contributed by atoms with Crippen LogP contribution in [0.4, 0.5) is 21.6 Å². The fourth-order valence-corrected chi connectivity index (χ4v) is 3.16. The van der Waals surface area contributed by atoms with Gasteiger partial charge in [0.1, 0.15) is 12.0 Å². The summed E-state index contributed by atoms with van der Waals surface area (Å²) < 4.78 is 14.7. The molecule has 3 aromatic rings. The van der Waals surface area contributed by atoms with Crippen LogP contribution >= 0.6 is 0 Å². The predicted molar refractivity (Wildman–Crippen MR) is 119 cm³/mol. The van der Waals surface area contributed by atoms with Crippen molar-refractivity contribution >= 4 is 29.3 Å². The molecule has 1 aliphatic rings. The zero-order valence-corrected chi connectivity index (χ0v) is 16.8. The molecule has 0 saturated heterocycles. The fraction of sp³-hybridized carbons (Fsp3) is 0.217. The number of carbonyl (C=O) groups is 1. The summed E-state index contributed by atoms with van der Waals surface area (Å²) in [7, 11) is 0. The highest BCUT2D eigenvalue weighted by Crippen LogP contribution is 2.27. The zero-order valence-electron chi connectivity index (χ0n) is 16.8. The van der Waals surface area contributed by atoms with E-state index < -0.39 is 6.17 Å². The third-order valence-electron chi connectivity index (χ3n) is 4.98. The summed E-state index contributed by atoms with van der Waals surface area (Å²) in [5, 5.41) is 13.4. The van der Waals surface area contributed by atoms with Crippen molar-refractivity contribution in [1.82, 2.24) is 15.3 Å². The van der Waals surface area contributed by atoms with Crippen LogP contribution in [0.3, 0.4) is 0 Å². The zero-order chi connectivity index (χ0) is 21.8. The van der Waals surface area contributed by atoms with E-state index in [1.807, 2.05) is 0 Å². The molecule has 0 spiro atoms. The summed E-state index contributed by atoms with van der Waals surface area (Å²) in [6, 6.07) is 14.1. The molecule has 1 unspecified atom stereocenters. The molecule has 0 radical (unpaired) electrons. The van der Waals surface area contributed by atoms with E-state index in [1.165, 1.54) is 6.21 Å². The number of hydrogen-bond donors (Lipinski definition) is 4. The van der Waals surface area contributed by atoms with Crippen LogP contribution in [0.5, 0.6) is 0 Å². The van der Waals surface area contributed by atoms with Crippen molar-refractivity contribution in [3.05, 3.63) is 65.9 Å². The molecule has 1 atom stereocenters. The molecule has 1 aliphatic carbocycles. The summed E-state index contributed by atoms with van der Waals surface area (Å²) in [6.07, 6.45) is 3.15. The Morgan fingerprint density at radius 2 is 2.10 bits per heavy atom. The molecule has 4 rings (SSSR count). The minimum atomic E-state index is -1.39. The molecule has 0 aliphatic heterocycles. The number of amides is 1. The summed E-state index contributed by atoms with van der Waals surface area (Å²) in [6.45, 7) is 0. The van der Waals surface area contributed by atoms with Crippen molar-refractivity contribution in [3.63, 3.8) is 0 Å². The molecule has 1 saturated carbocycles. The third-order valence-corrected chi connectivity index (χ3v) is 4.98. The van der Waals surface area contributed by atoms with E-state index >= 15 is 0 Å². The second-order valence-electron chi connectivity index (χ2n) is 7.52. The minimum Gasteiger partial charge on any atom is -0.398 e.